The largest absolute Gasteiger partial charge is 0.433 e. The highest BCUT2D eigenvalue weighted by molar-refractivity contribution is 7.89. The third-order valence-corrected chi connectivity index (χ3v) is 7.76. The number of nitrogens with zero attached hydrogens (tertiary/aromatic N) is 1. The average Bonchev–Trinajstić information content (AvgIpc) is 3.38. The molecule has 3 aliphatic heterocycles. The van der Waals surface area contributed by atoms with Gasteiger partial charge >= 0.3 is 5.97 Å². The zero-order valence-corrected chi connectivity index (χ0v) is 19.7. The number of amides is 2. The molecule has 1 aromatic rings. The van der Waals surface area contributed by atoms with E-state index >= 15 is 0 Å². The van der Waals surface area contributed by atoms with E-state index in [2.05, 4.69) is 10.0 Å². The van der Waals surface area contributed by atoms with Gasteiger partial charge in [-0.3, -0.25) is 14.4 Å². The van der Waals surface area contributed by atoms with Gasteiger partial charge in [0.2, 0.25) is 28.1 Å². The lowest BCUT2D eigenvalue weighted by Crippen LogP contribution is -2.57. The van der Waals surface area contributed by atoms with E-state index in [0.717, 1.165) is 0 Å². The average molecular weight is 492 g/mol. The number of fused-ring (bicyclic) bond motifs is 1. The summed E-state index contributed by atoms with van der Waals surface area (Å²) in [7, 11) is -3.93. The Morgan fingerprint density at radius 3 is 2.62 bits per heavy atom. The monoisotopic (exact) mass is 491 g/mol. The Balaban J connectivity index is 1.51. The first-order valence-electron chi connectivity index (χ1n) is 11.5. The number of cyclic esters (lactones) is 1. The Hall–Kier alpha value is -2.76. The van der Waals surface area contributed by atoms with Crippen LogP contribution in [0, 0.1) is 0 Å². The van der Waals surface area contributed by atoms with Crippen molar-refractivity contribution in [3.05, 3.63) is 42.5 Å². The highest BCUT2D eigenvalue weighted by atomic mass is 32.2. The molecule has 3 heterocycles. The van der Waals surface area contributed by atoms with E-state index in [-0.39, 0.29) is 23.8 Å². The minimum Gasteiger partial charge on any atom is -0.433 e. The molecule has 11 heteroatoms. The third kappa shape index (κ3) is 5.16. The van der Waals surface area contributed by atoms with Crippen LogP contribution in [-0.2, 0) is 33.9 Å². The summed E-state index contributed by atoms with van der Waals surface area (Å²) in [4.78, 5) is 40.0. The van der Waals surface area contributed by atoms with E-state index in [1.165, 1.54) is 17.0 Å². The quantitative estimate of drug-likeness (QED) is 0.427. The number of benzene rings is 1. The second kappa shape index (κ2) is 10.2. The minimum absolute atomic E-state index is 0.0112. The number of carbonyl (C=O) groups excluding carboxylic acids is 3. The van der Waals surface area contributed by atoms with Crippen LogP contribution in [0.3, 0.4) is 0 Å². The van der Waals surface area contributed by atoms with E-state index in [4.69, 9.17) is 9.47 Å². The molecule has 184 valence electrons. The molecule has 1 aromatic carbocycles. The van der Waals surface area contributed by atoms with Crippen LogP contribution < -0.4 is 10.0 Å². The van der Waals surface area contributed by atoms with Crippen molar-refractivity contribution in [3.63, 3.8) is 0 Å². The zero-order valence-electron chi connectivity index (χ0n) is 18.9. The van der Waals surface area contributed by atoms with Crippen LogP contribution in [0.15, 0.2) is 47.4 Å². The number of rotatable bonds is 7. The lowest BCUT2D eigenvalue weighted by molar-refractivity contribution is -0.164. The fraction of sp³-hybridized carbons (Fsp3) is 0.522. The maximum absolute atomic E-state index is 13.5. The Morgan fingerprint density at radius 1 is 1.15 bits per heavy atom. The topological polar surface area (TPSA) is 131 Å². The van der Waals surface area contributed by atoms with Gasteiger partial charge in [-0.1, -0.05) is 30.4 Å². The van der Waals surface area contributed by atoms with E-state index in [0.29, 0.717) is 25.9 Å². The first-order valence-corrected chi connectivity index (χ1v) is 12.9. The number of nitrogens with one attached hydrogen (secondary N) is 2. The fourth-order valence-electron chi connectivity index (χ4n) is 4.67. The van der Waals surface area contributed by atoms with Gasteiger partial charge in [0.25, 0.3) is 0 Å². The third-order valence-electron chi connectivity index (χ3n) is 6.28. The van der Waals surface area contributed by atoms with Crippen molar-refractivity contribution in [3.8, 4) is 0 Å². The molecule has 2 fully saturated rings. The zero-order chi connectivity index (χ0) is 24.3. The van der Waals surface area contributed by atoms with E-state index in [1.807, 2.05) is 6.08 Å². The number of hydrogen-bond acceptors (Lipinski definition) is 7. The van der Waals surface area contributed by atoms with Crippen molar-refractivity contribution in [1.82, 2.24) is 14.9 Å². The molecule has 2 N–H and O–H groups in total. The standard InChI is InChI=1S/C23H29N3O7S/c1-2-32-23-18(14-20(27)33-23)24-21(28)19-13-12-15-8-6-7-11-17(22(29)26(15)19)25-34(30,31)16-9-4-3-5-10-16/h3-7,9-10,15,17-19,23,25H,2,8,11-14H2,1H3,(H,24,28)/b7-6-/t15-,17+,18?,19+,23?/m1/s1. The van der Waals surface area contributed by atoms with Crippen LogP contribution in [0.25, 0.3) is 0 Å². The van der Waals surface area contributed by atoms with E-state index in [1.54, 1.807) is 31.2 Å². The van der Waals surface area contributed by atoms with Gasteiger partial charge in [-0.25, -0.2) is 8.42 Å². The van der Waals surface area contributed by atoms with Crippen LogP contribution in [-0.4, -0.2) is 68.2 Å². The smallest absolute Gasteiger partial charge is 0.310 e. The summed E-state index contributed by atoms with van der Waals surface area (Å²) in [5.74, 6) is -1.31. The Morgan fingerprint density at radius 2 is 1.88 bits per heavy atom. The second-order valence-electron chi connectivity index (χ2n) is 8.56. The molecule has 10 nitrogen and oxygen atoms in total. The summed E-state index contributed by atoms with van der Waals surface area (Å²) in [5.41, 5.74) is 0. The number of carbonyl (C=O) groups is 3. The van der Waals surface area contributed by atoms with Crippen LogP contribution >= 0.6 is 0 Å². The summed E-state index contributed by atoms with van der Waals surface area (Å²) in [5, 5.41) is 2.80. The molecule has 0 radical (unpaired) electrons. The first kappa shape index (κ1) is 24.4. The molecule has 0 spiro atoms. The second-order valence-corrected chi connectivity index (χ2v) is 10.3. The Kier molecular flexibility index (Phi) is 7.34. The van der Waals surface area contributed by atoms with Crippen molar-refractivity contribution in [1.29, 1.82) is 0 Å². The maximum atomic E-state index is 13.5. The van der Waals surface area contributed by atoms with Gasteiger partial charge in [-0.15, -0.1) is 0 Å². The van der Waals surface area contributed by atoms with Crippen molar-refractivity contribution >= 4 is 27.8 Å². The molecule has 0 bridgehead atoms. The van der Waals surface area contributed by atoms with Gasteiger partial charge in [0.1, 0.15) is 18.1 Å². The number of ether oxygens (including phenoxy) is 2. The van der Waals surface area contributed by atoms with Gasteiger partial charge in [-0.2, -0.15) is 4.72 Å². The van der Waals surface area contributed by atoms with Crippen LogP contribution in [0.1, 0.15) is 39.0 Å². The fourth-order valence-corrected chi connectivity index (χ4v) is 5.90. The highest BCUT2D eigenvalue weighted by Gasteiger charge is 2.45. The molecule has 2 saturated heterocycles. The van der Waals surface area contributed by atoms with Crippen molar-refractivity contribution in [2.24, 2.45) is 0 Å². The van der Waals surface area contributed by atoms with E-state index < -0.39 is 52.2 Å². The predicted octanol–water partition coefficient (Wildman–Crippen LogP) is 0.837. The van der Waals surface area contributed by atoms with Gasteiger partial charge in [0.15, 0.2) is 0 Å². The molecule has 0 aromatic heterocycles. The predicted molar refractivity (Wildman–Crippen MR) is 121 cm³/mol. The normalized spacial score (nSPS) is 30.3. The molecule has 0 aliphatic carbocycles. The SMILES string of the molecule is CCOC1OC(=O)CC1NC(=O)[C@@H]1CC[C@H]2C/C=C\C[C@H](NS(=O)(=O)c3ccccc3)C(=O)N21. The molecule has 0 saturated carbocycles. The van der Waals surface area contributed by atoms with Crippen molar-refractivity contribution in [2.75, 3.05) is 6.61 Å². The molecule has 2 amide bonds. The summed E-state index contributed by atoms with van der Waals surface area (Å²) >= 11 is 0. The van der Waals surface area contributed by atoms with Gasteiger partial charge < -0.3 is 19.7 Å². The molecular weight excluding hydrogens is 462 g/mol. The van der Waals surface area contributed by atoms with Crippen LogP contribution in [0.4, 0.5) is 0 Å². The molecular formula is C23H29N3O7S. The van der Waals surface area contributed by atoms with Crippen molar-refractivity contribution in [2.45, 2.75) is 74.4 Å². The molecule has 2 unspecified atom stereocenters. The number of esters is 1. The van der Waals surface area contributed by atoms with Crippen LogP contribution in [0.2, 0.25) is 0 Å². The van der Waals surface area contributed by atoms with E-state index in [9.17, 15) is 22.8 Å². The number of sulfonamides is 1. The Bertz CT molecular complexity index is 1060. The molecule has 34 heavy (non-hydrogen) atoms. The summed E-state index contributed by atoms with van der Waals surface area (Å²) < 4.78 is 38.8. The minimum atomic E-state index is -3.93. The summed E-state index contributed by atoms with van der Waals surface area (Å²) in [6, 6.07) is 5.18. The van der Waals surface area contributed by atoms with Gasteiger partial charge in [0.05, 0.1) is 11.3 Å². The number of hydrogen-bond donors (Lipinski definition) is 2. The lowest BCUT2D eigenvalue weighted by Gasteiger charge is -2.34. The lowest BCUT2D eigenvalue weighted by atomic mass is 10.1. The molecule has 3 aliphatic rings. The molecule has 4 rings (SSSR count). The van der Waals surface area contributed by atoms with Gasteiger partial charge in [-0.05, 0) is 44.7 Å². The first-order chi connectivity index (χ1) is 16.3. The molecule has 5 atom stereocenters. The Labute approximate surface area is 198 Å². The summed E-state index contributed by atoms with van der Waals surface area (Å²) in [6.45, 7) is 2.08. The maximum Gasteiger partial charge on any atom is 0.310 e. The van der Waals surface area contributed by atoms with Crippen LogP contribution in [0.5, 0.6) is 0 Å². The van der Waals surface area contributed by atoms with Crippen molar-refractivity contribution < 1.29 is 32.3 Å². The van der Waals surface area contributed by atoms with Gasteiger partial charge in [0, 0.05) is 12.6 Å². The highest BCUT2D eigenvalue weighted by Crippen LogP contribution is 2.30. The summed E-state index contributed by atoms with van der Waals surface area (Å²) in [6.07, 6.45) is 4.66.